The lowest BCUT2D eigenvalue weighted by Crippen LogP contribution is -2.30. The van der Waals surface area contributed by atoms with Crippen molar-refractivity contribution in [3.63, 3.8) is 0 Å². The second-order valence-corrected chi connectivity index (χ2v) is 6.62. The molecule has 1 aliphatic heterocycles. The van der Waals surface area contributed by atoms with E-state index in [0.29, 0.717) is 0 Å². The number of ether oxygens (including phenoxy) is 1. The zero-order valence-electron chi connectivity index (χ0n) is 14.7. The van der Waals surface area contributed by atoms with Gasteiger partial charge in [-0.05, 0) is 41.7 Å². The topological polar surface area (TPSA) is 28.3 Å². The summed E-state index contributed by atoms with van der Waals surface area (Å²) >= 11 is 0. The van der Waals surface area contributed by atoms with Crippen LogP contribution in [0.3, 0.4) is 0 Å². The predicted octanol–water partition coefficient (Wildman–Crippen LogP) is 4.51. The lowest BCUT2D eigenvalue weighted by atomic mass is 9.99. The summed E-state index contributed by atoms with van der Waals surface area (Å²) in [6.45, 7) is 3.23. The van der Waals surface area contributed by atoms with E-state index < -0.39 is 0 Å². The number of H-pyrrole nitrogens is 1. The SMILES string of the molecule is COc1cc(CCN2CC=C(c3ccccc3)CC2)c2cc[nH]c2c1. The Morgan fingerprint density at radius 2 is 2.00 bits per heavy atom. The van der Waals surface area contributed by atoms with Gasteiger partial charge in [0.05, 0.1) is 7.11 Å². The first-order valence-corrected chi connectivity index (χ1v) is 8.94. The second kappa shape index (κ2) is 7.16. The van der Waals surface area contributed by atoms with E-state index in [-0.39, 0.29) is 0 Å². The van der Waals surface area contributed by atoms with E-state index in [1.165, 1.54) is 22.1 Å². The minimum absolute atomic E-state index is 0.926. The molecule has 3 heteroatoms. The van der Waals surface area contributed by atoms with Crippen LogP contribution in [-0.4, -0.2) is 36.6 Å². The maximum Gasteiger partial charge on any atom is 0.121 e. The molecule has 25 heavy (non-hydrogen) atoms. The number of aromatic amines is 1. The van der Waals surface area contributed by atoms with E-state index in [1.807, 2.05) is 6.20 Å². The standard InChI is InChI=1S/C22H24N2O/c1-25-20-15-19(21-7-11-23-22(21)16-20)10-14-24-12-8-18(9-13-24)17-5-3-2-4-6-17/h2-8,11,15-16,23H,9-10,12-14H2,1H3. The van der Waals surface area contributed by atoms with E-state index in [4.69, 9.17) is 4.74 Å². The van der Waals surface area contributed by atoms with Crippen molar-refractivity contribution < 1.29 is 4.74 Å². The van der Waals surface area contributed by atoms with Crippen molar-refractivity contribution in [1.29, 1.82) is 0 Å². The summed E-state index contributed by atoms with van der Waals surface area (Å²) in [4.78, 5) is 5.83. The largest absolute Gasteiger partial charge is 0.497 e. The maximum atomic E-state index is 5.44. The fraction of sp³-hybridized carbons (Fsp3) is 0.273. The zero-order chi connectivity index (χ0) is 17.1. The lowest BCUT2D eigenvalue weighted by Gasteiger charge is -2.26. The molecule has 0 saturated heterocycles. The molecule has 0 saturated carbocycles. The first-order chi connectivity index (χ1) is 12.3. The van der Waals surface area contributed by atoms with Gasteiger partial charge in [-0.15, -0.1) is 0 Å². The summed E-state index contributed by atoms with van der Waals surface area (Å²) in [6, 6.07) is 17.1. The summed E-state index contributed by atoms with van der Waals surface area (Å²) in [5.41, 5.74) is 5.35. The average molecular weight is 332 g/mol. The fourth-order valence-corrected chi connectivity index (χ4v) is 3.65. The number of fused-ring (bicyclic) bond motifs is 1. The Morgan fingerprint density at radius 1 is 1.12 bits per heavy atom. The third-order valence-electron chi connectivity index (χ3n) is 5.10. The maximum absolute atomic E-state index is 5.44. The molecular weight excluding hydrogens is 308 g/mol. The Hall–Kier alpha value is -2.52. The van der Waals surface area contributed by atoms with Crippen LogP contribution in [0.2, 0.25) is 0 Å². The van der Waals surface area contributed by atoms with Crippen LogP contribution in [0.15, 0.2) is 60.8 Å². The number of hydrogen-bond acceptors (Lipinski definition) is 2. The molecule has 0 aliphatic carbocycles. The lowest BCUT2D eigenvalue weighted by molar-refractivity contribution is 0.306. The van der Waals surface area contributed by atoms with E-state index in [9.17, 15) is 0 Å². The van der Waals surface area contributed by atoms with Gasteiger partial charge in [-0.1, -0.05) is 36.4 Å². The molecule has 0 fully saturated rings. The zero-order valence-corrected chi connectivity index (χ0v) is 14.7. The normalized spacial score (nSPS) is 15.3. The molecule has 1 aromatic heterocycles. The van der Waals surface area contributed by atoms with E-state index in [2.05, 4.69) is 64.5 Å². The molecule has 0 bridgehead atoms. The highest BCUT2D eigenvalue weighted by Gasteiger charge is 2.14. The van der Waals surface area contributed by atoms with Crippen molar-refractivity contribution in [2.24, 2.45) is 0 Å². The number of methoxy groups -OCH3 is 1. The fourth-order valence-electron chi connectivity index (χ4n) is 3.65. The van der Waals surface area contributed by atoms with Crippen LogP contribution in [0, 0.1) is 0 Å². The molecule has 0 unspecified atom stereocenters. The van der Waals surface area contributed by atoms with Crippen molar-refractivity contribution in [1.82, 2.24) is 9.88 Å². The summed E-state index contributed by atoms with van der Waals surface area (Å²) in [5, 5.41) is 1.30. The van der Waals surface area contributed by atoms with E-state index in [0.717, 1.165) is 43.7 Å². The molecule has 3 nitrogen and oxygen atoms in total. The molecule has 0 atom stereocenters. The minimum atomic E-state index is 0.926. The van der Waals surface area contributed by atoms with Crippen LogP contribution < -0.4 is 4.74 Å². The van der Waals surface area contributed by atoms with Gasteiger partial charge in [-0.25, -0.2) is 0 Å². The van der Waals surface area contributed by atoms with E-state index in [1.54, 1.807) is 7.11 Å². The van der Waals surface area contributed by atoms with Crippen LogP contribution in [0.5, 0.6) is 5.75 Å². The summed E-state index contributed by atoms with van der Waals surface area (Å²) < 4.78 is 5.44. The van der Waals surface area contributed by atoms with Gasteiger partial charge in [0.2, 0.25) is 0 Å². The molecule has 1 aliphatic rings. The third-order valence-corrected chi connectivity index (χ3v) is 5.10. The van der Waals surface area contributed by atoms with Gasteiger partial charge in [0.15, 0.2) is 0 Å². The molecule has 3 aromatic rings. The molecule has 128 valence electrons. The Kier molecular flexibility index (Phi) is 4.57. The second-order valence-electron chi connectivity index (χ2n) is 6.62. The molecule has 1 N–H and O–H groups in total. The van der Waals surface area contributed by atoms with Gasteiger partial charge in [0.25, 0.3) is 0 Å². The Morgan fingerprint density at radius 3 is 2.76 bits per heavy atom. The van der Waals surface area contributed by atoms with Gasteiger partial charge in [-0.2, -0.15) is 0 Å². The molecular formula is C22H24N2O. The molecule has 0 amide bonds. The number of nitrogens with zero attached hydrogens (tertiary/aromatic N) is 1. The number of aromatic nitrogens is 1. The van der Waals surface area contributed by atoms with Crippen LogP contribution >= 0.6 is 0 Å². The van der Waals surface area contributed by atoms with Crippen LogP contribution in [0.25, 0.3) is 16.5 Å². The summed E-state index contributed by atoms with van der Waals surface area (Å²) in [6.07, 6.45) is 6.56. The van der Waals surface area contributed by atoms with Gasteiger partial charge in [-0.3, -0.25) is 4.90 Å². The highest BCUT2D eigenvalue weighted by Crippen LogP contribution is 2.26. The molecule has 2 aromatic carbocycles. The Balaban J connectivity index is 1.43. The molecule has 0 spiro atoms. The predicted molar refractivity (Wildman–Crippen MR) is 104 cm³/mol. The van der Waals surface area contributed by atoms with Gasteiger partial charge >= 0.3 is 0 Å². The number of hydrogen-bond donors (Lipinski definition) is 1. The van der Waals surface area contributed by atoms with Crippen molar-refractivity contribution in [3.8, 4) is 5.75 Å². The number of benzene rings is 2. The quantitative estimate of drug-likeness (QED) is 0.745. The Labute approximate surface area is 148 Å². The smallest absolute Gasteiger partial charge is 0.121 e. The Bertz CT molecular complexity index is 879. The number of rotatable bonds is 5. The van der Waals surface area contributed by atoms with Gasteiger partial charge < -0.3 is 9.72 Å². The van der Waals surface area contributed by atoms with Crippen molar-refractivity contribution >= 4 is 16.5 Å². The van der Waals surface area contributed by atoms with Crippen molar-refractivity contribution in [3.05, 3.63) is 71.9 Å². The third kappa shape index (κ3) is 3.47. The van der Waals surface area contributed by atoms with Crippen molar-refractivity contribution in [2.75, 3.05) is 26.7 Å². The average Bonchev–Trinajstić information content (AvgIpc) is 3.16. The summed E-state index contributed by atoms with van der Waals surface area (Å²) in [5.74, 6) is 0.926. The van der Waals surface area contributed by atoms with E-state index >= 15 is 0 Å². The highest BCUT2D eigenvalue weighted by atomic mass is 16.5. The molecule has 2 heterocycles. The minimum Gasteiger partial charge on any atom is -0.497 e. The molecule has 4 rings (SSSR count). The van der Waals surface area contributed by atoms with Crippen molar-refractivity contribution in [2.45, 2.75) is 12.8 Å². The summed E-state index contributed by atoms with van der Waals surface area (Å²) in [7, 11) is 1.73. The van der Waals surface area contributed by atoms with Crippen LogP contribution in [0.1, 0.15) is 17.5 Å². The molecule has 0 radical (unpaired) electrons. The monoisotopic (exact) mass is 332 g/mol. The van der Waals surface area contributed by atoms with Crippen LogP contribution in [-0.2, 0) is 6.42 Å². The first-order valence-electron chi connectivity index (χ1n) is 8.94. The van der Waals surface area contributed by atoms with Gasteiger partial charge in [0.1, 0.15) is 5.75 Å². The first kappa shape index (κ1) is 16.0. The van der Waals surface area contributed by atoms with Gasteiger partial charge in [0, 0.05) is 42.8 Å². The van der Waals surface area contributed by atoms with Crippen LogP contribution in [0.4, 0.5) is 0 Å². The highest BCUT2D eigenvalue weighted by molar-refractivity contribution is 5.84. The number of nitrogens with one attached hydrogen (secondary N) is 1.